The van der Waals surface area contributed by atoms with Gasteiger partial charge in [-0.05, 0) is 12.3 Å². The number of hydrogen-bond acceptors (Lipinski definition) is 4. The van der Waals surface area contributed by atoms with Gasteiger partial charge in [0.15, 0.2) is 0 Å². The van der Waals surface area contributed by atoms with E-state index < -0.39 is 16.4 Å². The van der Waals surface area contributed by atoms with Gasteiger partial charge < -0.3 is 19.2 Å². The third-order valence-corrected chi connectivity index (χ3v) is 2.89. The fraction of sp³-hybridized carbons (Fsp3) is 1.00. The van der Waals surface area contributed by atoms with Gasteiger partial charge in [-0.25, -0.2) is 0 Å². The Morgan fingerprint density at radius 3 is 1.55 bits per heavy atom. The summed E-state index contributed by atoms with van der Waals surface area (Å²) in [5.74, 6) is 0. The maximum Gasteiger partial charge on any atom is 0.149 e. The first-order valence-corrected chi connectivity index (χ1v) is 5.75. The standard InChI is InChI=1S/C4H11O2P.H3O2P.Ti/c1-3-7(5,6)4-2;1-3-2;/h3-4H2,1-2H3,(H,5,6);1-3H;/p-1. The first kappa shape index (κ1) is 18.1. The molecule has 0 aliphatic rings. The second kappa shape index (κ2) is 11.3. The molecule has 4 nitrogen and oxygen atoms in total. The molecular weight excluding hydrogens is 222 g/mol. The van der Waals surface area contributed by atoms with Crippen molar-refractivity contribution in [2.45, 2.75) is 13.8 Å². The van der Waals surface area contributed by atoms with Gasteiger partial charge in [0, 0.05) is 29.1 Å². The summed E-state index contributed by atoms with van der Waals surface area (Å²) >= 11 is 0. The molecule has 0 aliphatic carbocycles. The van der Waals surface area contributed by atoms with Crippen molar-refractivity contribution in [2.24, 2.45) is 0 Å². The van der Waals surface area contributed by atoms with E-state index in [1.807, 2.05) is 0 Å². The van der Waals surface area contributed by atoms with Gasteiger partial charge in [-0.3, -0.25) is 0 Å². The van der Waals surface area contributed by atoms with E-state index in [1.165, 1.54) is 0 Å². The van der Waals surface area contributed by atoms with Crippen LogP contribution in [0.5, 0.6) is 0 Å². The molecule has 0 saturated heterocycles. The fourth-order valence-corrected chi connectivity index (χ4v) is 0.671. The van der Waals surface area contributed by atoms with Crippen molar-refractivity contribution in [1.29, 1.82) is 0 Å². The van der Waals surface area contributed by atoms with Crippen molar-refractivity contribution in [3.05, 3.63) is 0 Å². The monoisotopic (exact) mass is 235 g/mol. The van der Waals surface area contributed by atoms with Crippen molar-refractivity contribution < 1.29 is 41.0 Å². The van der Waals surface area contributed by atoms with E-state index >= 15 is 0 Å². The number of rotatable bonds is 2. The average Bonchev–Trinajstić information content (AvgIpc) is 1.90. The van der Waals surface area contributed by atoms with Gasteiger partial charge >= 0.3 is 0 Å². The fourth-order valence-electron chi connectivity index (χ4n) is 0.224. The summed E-state index contributed by atoms with van der Waals surface area (Å²) in [6.07, 6.45) is 0.590. The average molecular weight is 235 g/mol. The Bertz CT molecular complexity index is 102. The molecule has 11 heavy (non-hydrogen) atoms. The van der Waals surface area contributed by atoms with Crippen molar-refractivity contribution in [2.75, 3.05) is 12.3 Å². The maximum absolute atomic E-state index is 10.4. The zero-order chi connectivity index (χ0) is 8.62. The molecule has 0 spiro atoms. The molecule has 0 aromatic carbocycles. The van der Waals surface area contributed by atoms with Gasteiger partial charge in [0.2, 0.25) is 0 Å². The van der Waals surface area contributed by atoms with E-state index in [1.54, 1.807) is 13.8 Å². The molecule has 0 aromatic heterocycles. The summed E-state index contributed by atoms with van der Waals surface area (Å²) in [6, 6.07) is 0. The minimum absolute atomic E-state index is 0. The van der Waals surface area contributed by atoms with Gasteiger partial charge in [-0.2, -0.15) is 0 Å². The molecule has 68 valence electrons. The molecule has 0 saturated carbocycles. The molecule has 0 aliphatic heterocycles. The van der Waals surface area contributed by atoms with E-state index in [0.29, 0.717) is 12.3 Å². The van der Waals surface area contributed by atoms with E-state index in [0.717, 1.165) is 0 Å². The van der Waals surface area contributed by atoms with Crippen LogP contribution in [0, 0.1) is 0 Å². The molecule has 0 aromatic rings. The van der Waals surface area contributed by atoms with E-state index in [2.05, 4.69) is 0 Å². The van der Waals surface area contributed by atoms with Crippen LogP contribution < -0.4 is 4.89 Å². The molecule has 7 heteroatoms. The van der Waals surface area contributed by atoms with Gasteiger partial charge in [0.1, 0.15) is 9.03 Å². The summed E-state index contributed by atoms with van der Waals surface area (Å²) in [6.45, 7) is 3.33. The SMILES string of the molecule is CCP(=O)([O-])CC.OPO.[Ti]. The predicted octanol–water partition coefficient (Wildman–Crippen LogP) is 0.142. The smallest absolute Gasteiger partial charge is 0.149 e. The zero-order valence-electron chi connectivity index (χ0n) is 6.57. The van der Waals surface area contributed by atoms with Crippen molar-refractivity contribution in [1.82, 2.24) is 0 Å². The Morgan fingerprint density at radius 1 is 1.36 bits per heavy atom. The maximum atomic E-state index is 10.4. The zero-order valence-corrected chi connectivity index (χ0v) is 10.0. The van der Waals surface area contributed by atoms with Crippen LogP contribution >= 0.6 is 16.4 Å². The van der Waals surface area contributed by atoms with Gasteiger partial charge in [0.05, 0.1) is 0 Å². The summed E-state index contributed by atoms with van der Waals surface area (Å²) < 4.78 is 10.4. The largest absolute Gasteiger partial charge is 0.799 e. The topological polar surface area (TPSA) is 80.6 Å². The molecule has 0 fully saturated rings. The first-order chi connectivity index (χ1) is 4.54. The molecule has 0 bridgehead atoms. The van der Waals surface area contributed by atoms with Crippen LogP contribution in [0.25, 0.3) is 0 Å². The van der Waals surface area contributed by atoms with Gasteiger partial charge in [-0.1, -0.05) is 13.8 Å². The van der Waals surface area contributed by atoms with Crippen molar-refractivity contribution in [3.63, 3.8) is 0 Å². The van der Waals surface area contributed by atoms with E-state index in [4.69, 9.17) is 9.79 Å². The summed E-state index contributed by atoms with van der Waals surface area (Å²) in [7, 11) is -3.82. The molecule has 0 atom stereocenters. The van der Waals surface area contributed by atoms with Crippen LogP contribution in [0.15, 0.2) is 0 Å². The Hall–Kier alpha value is 1.25. The van der Waals surface area contributed by atoms with E-state index in [-0.39, 0.29) is 21.7 Å². The summed E-state index contributed by atoms with van der Waals surface area (Å²) in [5, 5.41) is 0. The minimum atomic E-state index is -2.90. The molecule has 2 N–H and O–H groups in total. The Morgan fingerprint density at radius 2 is 1.55 bits per heavy atom. The van der Waals surface area contributed by atoms with Crippen LogP contribution in [-0.2, 0) is 26.3 Å². The molecule has 0 radical (unpaired) electrons. The normalized spacial score (nSPS) is 9.18. The predicted molar refractivity (Wildman–Crippen MR) is 41.4 cm³/mol. The number of hydrogen-bond donors (Lipinski definition) is 2. The molecule has 0 heterocycles. The summed E-state index contributed by atoms with van der Waals surface area (Å²) in [4.78, 5) is 24.7. The second-order valence-electron chi connectivity index (χ2n) is 1.55. The first-order valence-electron chi connectivity index (χ1n) is 2.86. The molecule has 0 unspecified atom stereocenters. The van der Waals surface area contributed by atoms with E-state index in [9.17, 15) is 9.46 Å². The van der Waals surface area contributed by atoms with Crippen LogP contribution in [0.4, 0.5) is 0 Å². The van der Waals surface area contributed by atoms with Gasteiger partial charge in [-0.15, -0.1) is 0 Å². The van der Waals surface area contributed by atoms with Crippen molar-refractivity contribution in [3.8, 4) is 0 Å². The molecule has 0 rings (SSSR count). The Kier molecular flexibility index (Phi) is 18.5. The second-order valence-corrected chi connectivity index (χ2v) is 4.64. The molecule has 0 amide bonds. The quantitative estimate of drug-likeness (QED) is 0.527. The Labute approximate surface area is 83.7 Å². The third-order valence-electron chi connectivity index (χ3n) is 0.964. The Balaban J connectivity index is -0.000000140. The van der Waals surface area contributed by atoms with Crippen LogP contribution in [0.3, 0.4) is 0 Å². The third kappa shape index (κ3) is 18.3. The van der Waals surface area contributed by atoms with Crippen LogP contribution in [0.1, 0.15) is 13.8 Å². The summed E-state index contributed by atoms with van der Waals surface area (Å²) in [5.41, 5.74) is 0. The van der Waals surface area contributed by atoms with Crippen LogP contribution in [-0.4, -0.2) is 22.1 Å². The molecular formula is C4H13O4P2Ti-. The minimum Gasteiger partial charge on any atom is -0.799 e. The van der Waals surface area contributed by atoms with Gasteiger partial charge in [0.25, 0.3) is 0 Å². The van der Waals surface area contributed by atoms with Crippen LogP contribution in [0.2, 0.25) is 0 Å². The van der Waals surface area contributed by atoms with Crippen molar-refractivity contribution >= 4 is 16.4 Å².